The second kappa shape index (κ2) is 6.85. The molecule has 0 aromatic heterocycles. The molecule has 0 radical (unpaired) electrons. The number of carboxylic acids is 2. The molecule has 3 atom stereocenters. The molecule has 0 bridgehead atoms. The molecule has 5 N–H and O–H groups in total. The van der Waals surface area contributed by atoms with Gasteiger partial charge >= 0.3 is 11.9 Å². The van der Waals surface area contributed by atoms with Crippen LogP contribution in [-0.4, -0.2) is 40.1 Å². The number of rotatable bonds is 7. The fourth-order valence-electron chi connectivity index (χ4n) is 1.22. The number of nitrogens with one attached hydrogen (secondary N) is 1. The van der Waals surface area contributed by atoms with Crippen LogP contribution in [0.15, 0.2) is 0 Å². The van der Waals surface area contributed by atoms with E-state index in [2.05, 4.69) is 5.32 Å². The van der Waals surface area contributed by atoms with Gasteiger partial charge in [0, 0.05) is 0 Å². The zero-order chi connectivity index (χ0) is 13.6. The van der Waals surface area contributed by atoms with Crippen molar-refractivity contribution in [3.8, 4) is 0 Å². The van der Waals surface area contributed by atoms with Crippen molar-refractivity contribution in [3.63, 3.8) is 0 Å². The minimum absolute atomic E-state index is 0.256. The van der Waals surface area contributed by atoms with E-state index in [0.29, 0.717) is 6.42 Å². The van der Waals surface area contributed by atoms with Gasteiger partial charge in [-0.2, -0.15) is 0 Å². The Hall–Kier alpha value is -1.63. The van der Waals surface area contributed by atoms with Crippen LogP contribution in [0.3, 0.4) is 0 Å². The number of hydrogen-bond donors (Lipinski definition) is 4. The number of aliphatic carboxylic acids is 2. The lowest BCUT2D eigenvalue weighted by atomic mass is 9.99. The van der Waals surface area contributed by atoms with Gasteiger partial charge < -0.3 is 21.3 Å². The van der Waals surface area contributed by atoms with Crippen molar-refractivity contribution in [3.05, 3.63) is 0 Å². The van der Waals surface area contributed by atoms with E-state index in [0.717, 1.165) is 0 Å². The summed E-state index contributed by atoms with van der Waals surface area (Å²) in [4.78, 5) is 32.7. The van der Waals surface area contributed by atoms with Gasteiger partial charge in [0.25, 0.3) is 0 Å². The van der Waals surface area contributed by atoms with Gasteiger partial charge in [-0.3, -0.25) is 9.59 Å². The minimum atomic E-state index is -1.24. The average molecular weight is 246 g/mol. The highest BCUT2D eigenvalue weighted by molar-refractivity contribution is 5.89. The van der Waals surface area contributed by atoms with Crippen LogP contribution in [0.5, 0.6) is 0 Å². The van der Waals surface area contributed by atoms with Crippen LogP contribution < -0.4 is 11.1 Å². The predicted molar refractivity (Wildman–Crippen MR) is 59.2 cm³/mol. The molecule has 17 heavy (non-hydrogen) atoms. The first-order chi connectivity index (χ1) is 7.79. The van der Waals surface area contributed by atoms with Crippen LogP contribution in [0.25, 0.3) is 0 Å². The van der Waals surface area contributed by atoms with Crippen molar-refractivity contribution >= 4 is 17.8 Å². The summed E-state index contributed by atoms with van der Waals surface area (Å²) in [5.41, 5.74) is 5.32. The Morgan fingerprint density at radius 3 is 2.18 bits per heavy atom. The fourth-order valence-corrected chi connectivity index (χ4v) is 1.22. The van der Waals surface area contributed by atoms with E-state index in [9.17, 15) is 14.4 Å². The summed E-state index contributed by atoms with van der Waals surface area (Å²) in [7, 11) is 0. The van der Waals surface area contributed by atoms with Crippen molar-refractivity contribution in [2.45, 2.75) is 38.8 Å². The van der Waals surface area contributed by atoms with E-state index >= 15 is 0 Å². The van der Waals surface area contributed by atoms with Crippen LogP contribution in [0, 0.1) is 5.92 Å². The Balaban J connectivity index is 4.50. The van der Waals surface area contributed by atoms with E-state index in [4.69, 9.17) is 15.9 Å². The molecule has 0 aliphatic carbocycles. The summed E-state index contributed by atoms with van der Waals surface area (Å²) in [6.07, 6.45) is 0.0457. The topological polar surface area (TPSA) is 130 Å². The molecule has 0 rings (SSSR count). The summed E-state index contributed by atoms with van der Waals surface area (Å²) < 4.78 is 0. The molecule has 0 heterocycles. The SMILES string of the molecule is CC[C@H](C)[C@H](NC(=O)C(N)CC(=O)O)C(=O)O. The molecular weight excluding hydrogens is 228 g/mol. The number of hydrogen-bond acceptors (Lipinski definition) is 4. The van der Waals surface area contributed by atoms with E-state index in [1.807, 2.05) is 0 Å². The van der Waals surface area contributed by atoms with Crippen LogP contribution >= 0.6 is 0 Å². The summed E-state index contributed by atoms with van der Waals surface area (Å²) in [5.74, 6) is -3.38. The van der Waals surface area contributed by atoms with Gasteiger partial charge in [-0.1, -0.05) is 20.3 Å². The molecule has 0 saturated heterocycles. The molecule has 0 spiro atoms. The average Bonchev–Trinajstić information content (AvgIpc) is 2.22. The third-order valence-electron chi connectivity index (χ3n) is 2.51. The quantitative estimate of drug-likeness (QED) is 0.474. The van der Waals surface area contributed by atoms with E-state index in [-0.39, 0.29) is 5.92 Å². The van der Waals surface area contributed by atoms with E-state index < -0.39 is 36.4 Å². The fraction of sp³-hybridized carbons (Fsp3) is 0.700. The highest BCUT2D eigenvalue weighted by Crippen LogP contribution is 2.08. The molecule has 0 aromatic rings. The lowest BCUT2D eigenvalue weighted by Crippen LogP contribution is -2.51. The Bertz CT molecular complexity index is 305. The van der Waals surface area contributed by atoms with Crippen molar-refractivity contribution in [2.24, 2.45) is 11.7 Å². The largest absolute Gasteiger partial charge is 0.481 e. The van der Waals surface area contributed by atoms with Gasteiger partial charge in [-0.25, -0.2) is 4.79 Å². The molecule has 98 valence electrons. The molecule has 1 unspecified atom stereocenters. The van der Waals surface area contributed by atoms with Crippen molar-refractivity contribution in [1.82, 2.24) is 5.32 Å². The monoisotopic (exact) mass is 246 g/mol. The Morgan fingerprint density at radius 1 is 1.29 bits per heavy atom. The molecule has 7 nitrogen and oxygen atoms in total. The first-order valence-electron chi connectivity index (χ1n) is 5.30. The maximum atomic E-state index is 11.5. The number of carboxylic acid groups (broad SMARTS) is 2. The second-order valence-corrected chi connectivity index (χ2v) is 3.91. The van der Waals surface area contributed by atoms with Crippen molar-refractivity contribution in [1.29, 1.82) is 0 Å². The normalized spacial score (nSPS) is 15.7. The molecule has 0 aromatic carbocycles. The van der Waals surface area contributed by atoms with Crippen molar-refractivity contribution < 1.29 is 24.6 Å². The maximum absolute atomic E-state index is 11.5. The van der Waals surface area contributed by atoms with Crippen LogP contribution in [-0.2, 0) is 14.4 Å². The van der Waals surface area contributed by atoms with Gasteiger partial charge in [0.05, 0.1) is 12.5 Å². The zero-order valence-corrected chi connectivity index (χ0v) is 9.84. The molecule has 0 fully saturated rings. The van der Waals surface area contributed by atoms with Crippen LogP contribution in [0.1, 0.15) is 26.7 Å². The third-order valence-corrected chi connectivity index (χ3v) is 2.51. The van der Waals surface area contributed by atoms with Gasteiger partial charge in [0.15, 0.2) is 0 Å². The standard InChI is InChI=1S/C10H18N2O5/c1-3-5(2)8(10(16)17)12-9(15)6(11)4-7(13)14/h5-6,8H,3-4,11H2,1-2H3,(H,12,15)(H,13,14)(H,16,17)/t5-,6?,8-/m0/s1. The van der Waals surface area contributed by atoms with E-state index in [1.54, 1.807) is 13.8 Å². The van der Waals surface area contributed by atoms with Gasteiger partial charge in [-0.05, 0) is 5.92 Å². The van der Waals surface area contributed by atoms with Gasteiger partial charge in [-0.15, -0.1) is 0 Å². The summed E-state index contributed by atoms with van der Waals surface area (Å²) >= 11 is 0. The smallest absolute Gasteiger partial charge is 0.326 e. The molecule has 1 amide bonds. The highest BCUT2D eigenvalue weighted by Gasteiger charge is 2.28. The molecule has 7 heteroatoms. The second-order valence-electron chi connectivity index (χ2n) is 3.91. The van der Waals surface area contributed by atoms with Crippen molar-refractivity contribution in [2.75, 3.05) is 0 Å². The number of carbonyl (C=O) groups is 3. The summed E-state index contributed by atoms with van der Waals surface area (Å²) in [6, 6.07) is -2.29. The molecular formula is C10H18N2O5. The molecule has 0 saturated carbocycles. The number of amides is 1. The predicted octanol–water partition coefficient (Wildman–Crippen LogP) is -0.596. The highest BCUT2D eigenvalue weighted by atomic mass is 16.4. The first-order valence-corrected chi connectivity index (χ1v) is 5.30. The van der Waals surface area contributed by atoms with Gasteiger partial charge in [0.1, 0.15) is 6.04 Å². The Morgan fingerprint density at radius 2 is 1.82 bits per heavy atom. The zero-order valence-electron chi connectivity index (χ0n) is 9.84. The lowest BCUT2D eigenvalue weighted by molar-refractivity contribution is -0.144. The molecule has 0 aliphatic rings. The minimum Gasteiger partial charge on any atom is -0.481 e. The lowest BCUT2D eigenvalue weighted by Gasteiger charge is -2.21. The summed E-state index contributed by atoms with van der Waals surface area (Å²) in [6.45, 7) is 3.48. The van der Waals surface area contributed by atoms with Crippen LogP contribution in [0.4, 0.5) is 0 Å². The Kier molecular flexibility index (Phi) is 6.19. The third kappa shape index (κ3) is 5.30. The maximum Gasteiger partial charge on any atom is 0.326 e. The first kappa shape index (κ1) is 15.4. The summed E-state index contributed by atoms with van der Waals surface area (Å²) in [5, 5.41) is 19.6. The number of nitrogens with two attached hydrogens (primary N) is 1. The Labute approximate surface area is 99.0 Å². The van der Waals surface area contributed by atoms with Gasteiger partial charge in [0.2, 0.25) is 5.91 Å². The van der Waals surface area contributed by atoms with E-state index in [1.165, 1.54) is 0 Å². The molecule has 0 aliphatic heterocycles. The van der Waals surface area contributed by atoms with Crippen LogP contribution in [0.2, 0.25) is 0 Å². The number of carbonyl (C=O) groups excluding carboxylic acids is 1.